The Balaban J connectivity index is 2.74. The van der Waals surface area contributed by atoms with Gasteiger partial charge >= 0.3 is 0 Å². The first-order chi connectivity index (χ1) is 10.5. The van der Waals surface area contributed by atoms with Crippen LogP contribution in [0.1, 0.15) is 46.5 Å². The molecule has 0 saturated carbocycles. The van der Waals surface area contributed by atoms with Crippen molar-refractivity contribution in [1.82, 2.24) is 5.32 Å². The molecule has 0 radical (unpaired) electrons. The number of unbranched alkanes of at least 4 members (excludes halogenated alkanes) is 2. The van der Waals surface area contributed by atoms with Crippen LogP contribution in [0.25, 0.3) is 0 Å². The van der Waals surface area contributed by atoms with Gasteiger partial charge in [0.15, 0.2) is 0 Å². The highest BCUT2D eigenvalue weighted by Gasteiger charge is 2.08. The van der Waals surface area contributed by atoms with Gasteiger partial charge in [-0.15, -0.1) is 0 Å². The van der Waals surface area contributed by atoms with Gasteiger partial charge in [-0.05, 0) is 36.5 Å². The van der Waals surface area contributed by atoms with E-state index in [4.69, 9.17) is 0 Å². The molecule has 0 amide bonds. The Kier molecular flexibility index (Phi) is 8.42. The molecule has 2 nitrogen and oxygen atoms in total. The average Bonchev–Trinajstić information content (AvgIpc) is 2.51. The van der Waals surface area contributed by atoms with Crippen LogP contribution in [-0.4, -0.2) is 13.6 Å². The molecule has 0 saturated heterocycles. The molecular weight excluding hydrogens is 268 g/mol. The second-order valence-corrected chi connectivity index (χ2v) is 6.31. The molecule has 0 aliphatic carbocycles. The first-order valence-corrected chi connectivity index (χ1v) is 8.46. The average molecular weight is 300 g/mol. The van der Waals surface area contributed by atoms with Crippen molar-refractivity contribution in [3.8, 4) is 0 Å². The fourth-order valence-corrected chi connectivity index (χ4v) is 2.39. The highest BCUT2D eigenvalue weighted by atomic mass is 15.1. The quantitative estimate of drug-likeness (QED) is 0.463. The van der Waals surface area contributed by atoms with Gasteiger partial charge in [0.25, 0.3) is 0 Å². The molecular formula is C20H32N2. The summed E-state index contributed by atoms with van der Waals surface area (Å²) in [6.45, 7) is 12.0. The van der Waals surface area contributed by atoms with Gasteiger partial charge in [0.2, 0.25) is 0 Å². The fourth-order valence-electron chi connectivity index (χ4n) is 2.39. The lowest BCUT2D eigenvalue weighted by molar-refractivity contribution is 0.623. The molecule has 1 rings (SSSR count). The number of benzene rings is 1. The molecule has 0 aliphatic rings. The first-order valence-electron chi connectivity index (χ1n) is 8.46. The number of nitrogens with zero attached hydrogens (tertiary/aromatic N) is 1. The van der Waals surface area contributed by atoms with Crippen LogP contribution in [0.2, 0.25) is 0 Å². The van der Waals surface area contributed by atoms with Crippen molar-refractivity contribution in [3.63, 3.8) is 0 Å². The van der Waals surface area contributed by atoms with E-state index in [0.717, 1.165) is 18.7 Å². The molecule has 1 aromatic carbocycles. The minimum Gasteiger partial charge on any atom is -0.385 e. The van der Waals surface area contributed by atoms with Crippen molar-refractivity contribution in [2.75, 3.05) is 18.5 Å². The molecule has 0 atom stereocenters. The van der Waals surface area contributed by atoms with Crippen LogP contribution < -0.4 is 10.2 Å². The van der Waals surface area contributed by atoms with Crippen LogP contribution in [0.3, 0.4) is 0 Å². The second-order valence-electron chi connectivity index (χ2n) is 6.31. The van der Waals surface area contributed by atoms with E-state index in [0.29, 0.717) is 5.92 Å². The lowest BCUT2D eigenvalue weighted by atomic mass is 10.0. The van der Waals surface area contributed by atoms with Crippen LogP contribution in [0.15, 0.2) is 54.4 Å². The third-order valence-corrected chi connectivity index (χ3v) is 3.65. The summed E-state index contributed by atoms with van der Waals surface area (Å²) in [5.41, 5.74) is 3.55. The van der Waals surface area contributed by atoms with Crippen LogP contribution in [0.5, 0.6) is 0 Å². The Labute approximate surface area is 136 Å². The van der Waals surface area contributed by atoms with Gasteiger partial charge < -0.3 is 10.2 Å². The summed E-state index contributed by atoms with van der Waals surface area (Å²) in [4.78, 5) is 2.18. The van der Waals surface area contributed by atoms with Gasteiger partial charge in [0.05, 0.1) is 0 Å². The summed E-state index contributed by atoms with van der Waals surface area (Å²) in [6.07, 6.45) is 6.98. The minimum atomic E-state index is 0.615. The van der Waals surface area contributed by atoms with E-state index < -0.39 is 0 Å². The highest BCUT2D eigenvalue weighted by Crippen LogP contribution is 2.20. The zero-order valence-electron chi connectivity index (χ0n) is 14.7. The Bertz CT molecular complexity index is 460. The van der Waals surface area contributed by atoms with Crippen LogP contribution in [0.4, 0.5) is 5.69 Å². The molecule has 0 aliphatic heterocycles. The summed E-state index contributed by atoms with van der Waals surface area (Å²) < 4.78 is 0. The van der Waals surface area contributed by atoms with Gasteiger partial charge in [0.1, 0.15) is 0 Å². The first kappa shape index (κ1) is 18.3. The van der Waals surface area contributed by atoms with Crippen molar-refractivity contribution in [3.05, 3.63) is 54.4 Å². The van der Waals surface area contributed by atoms with Gasteiger partial charge in [-0.1, -0.05) is 58.4 Å². The topological polar surface area (TPSA) is 15.3 Å². The lowest BCUT2D eigenvalue weighted by Gasteiger charge is -2.20. The normalized spacial score (nSPS) is 11.6. The van der Waals surface area contributed by atoms with E-state index in [1.807, 2.05) is 6.07 Å². The standard InChI is InChI=1S/C20H32N2/c1-6-7-11-14-21-18(4)19(15-17(2)3)16-22(5)20-12-9-8-10-13-20/h8-10,12-13,16-17,21H,4,6-7,11,14-15H2,1-3,5H3/b19-16+. The number of para-hydroxylation sites is 1. The largest absolute Gasteiger partial charge is 0.385 e. The molecule has 0 fully saturated rings. The van der Waals surface area contributed by atoms with Crippen LogP contribution in [0, 0.1) is 5.92 Å². The zero-order chi connectivity index (χ0) is 16.4. The Morgan fingerprint density at radius 2 is 1.91 bits per heavy atom. The second kappa shape index (κ2) is 10.1. The molecule has 1 N–H and O–H groups in total. The van der Waals surface area contributed by atoms with Crippen molar-refractivity contribution in [2.45, 2.75) is 46.5 Å². The summed E-state index contributed by atoms with van der Waals surface area (Å²) in [7, 11) is 2.10. The maximum atomic E-state index is 4.25. The number of allylic oxidation sites excluding steroid dienone is 1. The van der Waals surface area contributed by atoms with Crippen molar-refractivity contribution in [1.29, 1.82) is 0 Å². The summed E-state index contributed by atoms with van der Waals surface area (Å²) in [5, 5.41) is 3.49. The number of rotatable bonds is 10. The summed E-state index contributed by atoms with van der Waals surface area (Å²) >= 11 is 0. The highest BCUT2D eigenvalue weighted by molar-refractivity contribution is 5.49. The predicted molar refractivity (Wildman–Crippen MR) is 99.1 cm³/mol. The van der Waals surface area contributed by atoms with Gasteiger partial charge in [0, 0.05) is 31.2 Å². The Hall–Kier alpha value is -1.70. The van der Waals surface area contributed by atoms with E-state index in [2.05, 4.69) is 75.1 Å². The Morgan fingerprint density at radius 3 is 2.50 bits per heavy atom. The monoisotopic (exact) mass is 300 g/mol. The minimum absolute atomic E-state index is 0.615. The zero-order valence-corrected chi connectivity index (χ0v) is 14.7. The smallest absolute Gasteiger partial charge is 0.0403 e. The van der Waals surface area contributed by atoms with Gasteiger partial charge in [-0.3, -0.25) is 0 Å². The summed E-state index contributed by atoms with van der Waals surface area (Å²) in [6, 6.07) is 10.4. The van der Waals surface area contributed by atoms with Crippen molar-refractivity contribution < 1.29 is 0 Å². The van der Waals surface area contributed by atoms with E-state index in [9.17, 15) is 0 Å². The predicted octanol–water partition coefficient (Wildman–Crippen LogP) is 5.35. The third kappa shape index (κ3) is 6.84. The summed E-state index contributed by atoms with van der Waals surface area (Å²) in [5.74, 6) is 0.615. The molecule has 0 bridgehead atoms. The molecule has 2 heteroatoms. The van der Waals surface area contributed by atoms with E-state index in [1.54, 1.807) is 0 Å². The van der Waals surface area contributed by atoms with Crippen molar-refractivity contribution >= 4 is 5.69 Å². The number of hydrogen-bond donors (Lipinski definition) is 1. The molecule has 0 aromatic heterocycles. The molecule has 0 heterocycles. The number of nitrogens with one attached hydrogen (secondary N) is 1. The fraction of sp³-hybridized carbons (Fsp3) is 0.500. The van der Waals surface area contributed by atoms with E-state index in [1.165, 1.54) is 30.5 Å². The lowest BCUT2D eigenvalue weighted by Crippen LogP contribution is -2.19. The maximum absolute atomic E-state index is 4.25. The molecule has 1 aromatic rings. The van der Waals surface area contributed by atoms with E-state index >= 15 is 0 Å². The molecule has 0 unspecified atom stereocenters. The molecule has 22 heavy (non-hydrogen) atoms. The molecule has 0 spiro atoms. The van der Waals surface area contributed by atoms with Crippen LogP contribution in [-0.2, 0) is 0 Å². The van der Waals surface area contributed by atoms with E-state index in [-0.39, 0.29) is 0 Å². The van der Waals surface area contributed by atoms with Gasteiger partial charge in [-0.2, -0.15) is 0 Å². The molecule has 122 valence electrons. The van der Waals surface area contributed by atoms with Crippen LogP contribution >= 0.6 is 0 Å². The third-order valence-electron chi connectivity index (χ3n) is 3.65. The maximum Gasteiger partial charge on any atom is 0.0403 e. The van der Waals surface area contributed by atoms with Gasteiger partial charge in [-0.25, -0.2) is 0 Å². The number of hydrogen-bond acceptors (Lipinski definition) is 2. The SMILES string of the molecule is C=C(NCCCCC)/C(=C/N(C)c1ccccc1)CC(C)C. The number of anilines is 1. The Morgan fingerprint density at radius 1 is 1.23 bits per heavy atom. The van der Waals surface area contributed by atoms with Crippen molar-refractivity contribution in [2.24, 2.45) is 5.92 Å².